The number of nitrogens with zero attached hydrogens (tertiary/aromatic N) is 10. The summed E-state index contributed by atoms with van der Waals surface area (Å²) in [6.07, 6.45) is 5.84. The highest BCUT2D eigenvalue weighted by atomic mass is 35.5. The Morgan fingerprint density at radius 3 is 2.65 bits per heavy atom. The predicted octanol–water partition coefficient (Wildman–Crippen LogP) is 4.14. The van der Waals surface area contributed by atoms with Gasteiger partial charge in [0.2, 0.25) is 0 Å². The SMILES string of the molecule is CO/N=S(\C)c1nn2c(c1Cl)CN(c1nc(OC[C@@]34CCCN3C[C@H](F)C4)nc(N3CC4(CCc5sc(N)c(C#N)c54)C3)c1C#N)CCC2. The van der Waals surface area contributed by atoms with E-state index in [0.717, 1.165) is 49.9 Å². The van der Waals surface area contributed by atoms with Crippen molar-refractivity contribution >= 4 is 50.3 Å². The van der Waals surface area contributed by atoms with Gasteiger partial charge in [0.1, 0.15) is 40.5 Å². The first-order chi connectivity index (χ1) is 23.7. The molecule has 1 spiro atoms. The van der Waals surface area contributed by atoms with E-state index in [-0.39, 0.29) is 23.6 Å². The average molecular weight is 726 g/mol. The summed E-state index contributed by atoms with van der Waals surface area (Å²) >= 11 is 8.43. The molecule has 3 aromatic rings. The quantitative estimate of drug-likeness (QED) is 0.349. The molecule has 3 fully saturated rings. The fourth-order valence-electron chi connectivity index (χ4n) is 8.64. The van der Waals surface area contributed by atoms with Crippen molar-refractivity contribution < 1.29 is 14.0 Å². The van der Waals surface area contributed by atoms with Crippen LogP contribution in [0.2, 0.25) is 5.02 Å². The third kappa shape index (κ3) is 5.26. The normalized spacial score (nSPS) is 24.7. The zero-order chi connectivity index (χ0) is 34.1. The van der Waals surface area contributed by atoms with Crippen LogP contribution in [0.1, 0.15) is 59.4 Å². The number of aryl methyl sites for hydroxylation is 2. The third-order valence-corrected chi connectivity index (χ3v) is 13.6. The Kier molecular flexibility index (Phi) is 8.23. The number of hydrogen-bond donors (Lipinski definition) is 1. The largest absolute Gasteiger partial charge is 0.461 e. The highest BCUT2D eigenvalue weighted by molar-refractivity contribution is 7.86. The summed E-state index contributed by atoms with van der Waals surface area (Å²) in [5, 5.41) is 27.1. The second-order valence-corrected chi connectivity index (χ2v) is 16.7. The molecule has 3 saturated heterocycles. The lowest BCUT2D eigenvalue weighted by molar-refractivity contribution is 0.107. The number of aromatic nitrogens is 4. The minimum absolute atomic E-state index is 0.164. The van der Waals surface area contributed by atoms with Gasteiger partial charge in [0.25, 0.3) is 0 Å². The minimum Gasteiger partial charge on any atom is -0.461 e. The molecule has 0 amide bonds. The van der Waals surface area contributed by atoms with Crippen LogP contribution in [0.15, 0.2) is 9.55 Å². The number of anilines is 3. The topological polar surface area (TPSA) is 158 Å². The molecule has 4 aliphatic heterocycles. The molecule has 1 aliphatic carbocycles. The van der Waals surface area contributed by atoms with Crippen molar-refractivity contribution in [2.75, 3.05) is 68.2 Å². The Morgan fingerprint density at radius 1 is 1.12 bits per heavy atom. The molecule has 0 radical (unpaired) electrons. The molecule has 0 bridgehead atoms. The monoisotopic (exact) mass is 725 g/mol. The van der Waals surface area contributed by atoms with Gasteiger partial charge >= 0.3 is 6.01 Å². The van der Waals surface area contributed by atoms with Gasteiger partial charge in [-0.15, -0.1) is 15.9 Å². The Balaban J connectivity index is 1.16. The van der Waals surface area contributed by atoms with Crippen LogP contribution in [0.3, 0.4) is 0 Å². The molecule has 3 aromatic heterocycles. The fraction of sp³-hybridized carbons (Fsp3) is 0.594. The molecule has 3 atom stereocenters. The van der Waals surface area contributed by atoms with Crippen LogP contribution in [0.4, 0.5) is 21.0 Å². The van der Waals surface area contributed by atoms with E-state index in [1.165, 1.54) is 23.3 Å². The van der Waals surface area contributed by atoms with Gasteiger partial charge in [-0.2, -0.15) is 25.6 Å². The molecule has 17 heteroatoms. The van der Waals surface area contributed by atoms with Crippen molar-refractivity contribution in [3.05, 3.63) is 32.3 Å². The lowest BCUT2D eigenvalue weighted by atomic mass is 9.74. The minimum atomic E-state index is -0.883. The lowest BCUT2D eigenvalue weighted by Crippen LogP contribution is -2.59. The molecule has 7 heterocycles. The Labute approximate surface area is 295 Å². The molecule has 0 saturated carbocycles. The second kappa shape index (κ2) is 12.3. The van der Waals surface area contributed by atoms with Crippen LogP contribution in [0, 0.1) is 22.7 Å². The van der Waals surface area contributed by atoms with Gasteiger partial charge in [0.05, 0.1) is 35.5 Å². The van der Waals surface area contributed by atoms with E-state index in [9.17, 15) is 14.9 Å². The van der Waals surface area contributed by atoms with Crippen LogP contribution in [0.5, 0.6) is 6.01 Å². The predicted molar refractivity (Wildman–Crippen MR) is 185 cm³/mol. The summed E-state index contributed by atoms with van der Waals surface area (Å²) in [6.45, 7) is 4.36. The summed E-state index contributed by atoms with van der Waals surface area (Å²) in [7, 11) is 0.849. The highest BCUT2D eigenvalue weighted by Crippen LogP contribution is 2.53. The van der Waals surface area contributed by atoms with Crippen molar-refractivity contribution in [1.82, 2.24) is 24.6 Å². The summed E-state index contributed by atoms with van der Waals surface area (Å²) in [5.41, 5.74) is 8.44. The summed E-state index contributed by atoms with van der Waals surface area (Å²) in [5.74, 6) is 0.963. The van der Waals surface area contributed by atoms with E-state index in [4.69, 9.17) is 42.0 Å². The van der Waals surface area contributed by atoms with Gasteiger partial charge in [-0.05, 0) is 54.9 Å². The summed E-state index contributed by atoms with van der Waals surface area (Å²) in [6, 6.07) is 4.92. The first kappa shape index (κ1) is 32.7. The van der Waals surface area contributed by atoms with Gasteiger partial charge in [-0.3, -0.25) is 9.58 Å². The fourth-order valence-corrected chi connectivity index (χ4v) is 11.2. The number of halogens is 2. The number of alkyl halides is 1. The first-order valence-corrected chi connectivity index (χ1v) is 19.3. The number of nitrogens with two attached hydrogens (primary N) is 1. The maximum Gasteiger partial charge on any atom is 0.320 e. The maximum atomic E-state index is 14.6. The number of nitrogen functional groups attached to an aromatic ring is 1. The van der Waals surface area contributed by atoms with E-state index < -0.39 is 16.9 Å². The Bertz CT molecular complexity index is 1950. The van der Waals surface area contributed by atoms with E-state index in [2.05, 4.69) is 31.4 Å². The van der Waals surface area contributed by atoms with Crippen LogP contribution in [0.25, 0.3) is 0 Å². The van der Waals surface area contributed by atoms with Gasteiger partial charge in [-0.25, -0.2) is 9.23 Å². The van der Waals surface area contributed by atoms with E-state index in [1.807, 2.05) is 10.9 Å². The first-order valence-electron chi connectivity index (χ1n) is 16.5. The lowest BCUT2D eigenvalue weighted by Gasteiger charge is -2.49. The Hall–Kier alpha value is -3.54. The van der Waals surface area contributed by atoms with E-state index in [1.54, 1.807) is 0 Å². The van der Waals surface area contributed by atoms with Crippen molar-refractivity contribution in [3.8, 4) is 18.1 Å². The van der Waals surface area contributed by atoms with Crippen molar-refractivity contribution in [2.24, 2.45) is 4.53 Å². The van der Waals surface area contributed by atoms with Gasteiger partial charge in [-0.1, -0.05) is 11.6 Å². The van der Waals surface area contributed by atoms with Crippen LogP contribution < -0.4 is 20.3 Å². The van der Waals surface area contributed by atoms with E-state index >= 15 is 0 Å². The number of rotatable bonds is 7. The molecule has 0 aromatic carbocycles. The van der Waals surface area contributed by atoms with Crippen molar-refractivity contribution in [2.45, 2.75) is 73.8 Å². The zero-order valence-electron chi connectivity index (χ0n) is 27.4. The molecule has 5 aliphatic rings. The number of nitriles is 2. The van der Waals surface area contributed by atoms with Crippen molar-refractivity contribution in [3.63, 3.8) is 0 Å². The number of hydrogen-bond acceptors (Lipinski definition) is 13. The van der Waals surface area contributed by atoms with Gasteiger partial charge in [0.15, 0.2) is 11.6 Å². The van der Waals surface area contributed by atoms with Crippen LogP contribution in [-0.2, 0) is 40.5 Å². The molecule has 13 nitrogen and oxygen atoms in total. The van der Waals surface area contributed by atoms with Crippen LogP contribution in [-0.4, -0.2) is 89.1 Å². The average Bonchev–Trinajstić information content (AvgIpc) is 3.82. The number of ether oxygens (including phenoxy) is 1. The third-order valence-electron chi connectivity index (χ3n) is 10.8. The molecule has 258 valence electrons. The van der Waals surface area contributed by atoms with E-state index in [0.29, 0.717) is 83.5 Å². The Morgan fingerprint density at radius 2 is 1.90 bits per heavy atom. The smallest absolute Gasteiger partial charge is 0.320 e. The molecule has 1 unspecified atom stereocenters. The number of thiophene rings is 1. The molecule has 49 heavy (non-hydrogen) atoms. The number of fused-ring (bicyclic) bond motifs is 4. The van der Waals surface area contributed by atoms with Crippen molar-refractivity contribution in [1.29, 1.82) is 10.5 Å². The standard InChI is InChI=1S/C32H37ClFN11O2S2/c1-46-41-49(2)29-25(33)22-15-42(8-4-10-45(22)40-29)27-21(13-36)28(39-30(38-27)47-18-32-6-3-9-44(32)14-19(34)11-32)43-16-31(17-43)7-5-23-24(31)20(12-35)26(37)48-23/h19H,3-11,14-18,37H2,1-2H3/t19-,32+,49?/m1/s1. The second-order valence-electron chi connectivity index (χ2n) is 13.7. The molecular formula is C32H37ClFN11O2S2. The van der Waals surface area contributed by atoms with Gasteiger partial charge in [0, 0.05) is 55.7 Å². The molecule has 2 N–H and O–H groups in total. The molecular weight excluding hydrogens is 689 g/mol. The summed E-state index contributed by atoms with van der Waals surface area (Å²) in [4.78, 5) is 22.3. The maximum absolute atomic E-state index is 14.6. The van der Waals surface area contributed by atoms with Crippen LogP contribution >= 0.6 is 22.9 Å². The van der Waals surface area contributed by atoms with Gasteiger partial charge < -0.3 is 20.3 Å². The molecule has 8 rings (SSSR count). The highest BCUT2D eigenvalue weighted by Gasteiger charge is 2.53. The summed E-state index contributed by atoms with van der Waals surface area (Å²) < 4.78 is 27.1. The zero-order valence-corrected chi connectivity index (χ0v) is 29.8.